The van der Waals surface area contributed by atoms with Crippen LogP contribution in [-0.2, 0) is 62.0 Å². The van der Waals surface area contributed by atoms with Crippen LogP contribution >= 0.6 is 0 Å². The number of rotatable bonds is 9. The summed E-state index contributed by atoms with van der Waals surface area (Å²) >= 11 is 0. The van der Waals surface area contributed by atoms with E-state index in [0.29, 0.717) is 40.9 Å². The molecule has 0 aliphatic heterocycles. The van der Waals surface area contributed by atoms with Gasteiger partial charge in [0.15, 0.2) is 9.84 Å². The van der Waals surface area contributed by atoms with E-state index in [1.807, 2.05) is 12.1 Å². The number of hydrogen-bond donors (Lipinski definition) is 3. The van der Waals surface area contributed by atoms with E-state index in [9.17, 15) is 25.3 Å². The molecule has 7 rings (SSSR count). The Bertz CT molecular complexity index is 2640. The summed E-state index contributed by atoms with van der Waals surface area (Å²) in [7, 11) is -11.8. The third-order valence-electron chi connectivity index (χ3n) is 9.88. The molecular formula is C39H37N3O6S3. The average Bonchev–Trinajstić information content (AvgIpc) is 3.16. The van der Waals surface area contributed by atoms with Gasteiger partial charge in [-0.15, -0.1) is 0 Å². The highest BCUT2D eigenvalue weighted by atomic mass is 32.2. The van der Waals surface area contributed by atoms with Gasteiger partial charge in [0, 0.05) is 25.0 Å². The molecule has 12 heteroatoms. The molecule has 6 aromatic rings. The smallest absolute Gasteiger partial charge is 0.207 e. The minimum Gasteiger partial charge on any atom is -0.326 e. The number of sulfone groups is 3. The van der Waals surface area contributed by atoms with Crippen LogP contribution in [-0.4, -0.2) is 30.5 Å². The van der Waals surface area contributed by atoms with Crippen molar-refractivity contribution in [2.24, 2.45) is 17.2 Å². The molecule has 1 unspecified atom stereocenters. The minimum absolute atomic E-state index is 0.0241. The van der Waals surface area contributed by atoms with Crippen LogP contribution in [0.2, 0.25) is 0 Å². The monoisotopic (exact) mass is 739 g/mol. The summed E-state index contributed by atoms with van der Waals surface area (Å²) in [5.74, 6) is 0. The van der Waals surface area contributed by atoms with E-state index in [1.54, 1.807) is 60.7 Å². The van der Waals surface area contributed by atoms with Crippen molar-refractivity contribution >= 4 is 51.1 Å². The summed E-state index contributed by atoms with van der Waals surface area (Å²) in [4.78, 5) is 0.449. The Morgan fingerprint density at radius 3 is 1.57 bits per heavy atom. The molecule has 0 spiro atoms. The first-order valence-electron chi connectivity index (χ1n) is 16.5. The quantitative estimate of drug-likeness (QED) is 0.164. The fourth-order valence-corrected chi connectivity index (χ4v) is 11.5. The van der Waals surface area contributed by atoms with Gasteiger partial charge in [0.25, 0.3) is 0 Å². The van der Waals surface area contributed by atoms with Gasteiger partial charge in [-0.3, -0.25) is 0 Å². The molecule has 0 saturated carbocycles. The molecule has 0 amide bonds. The lowest BCUT2D eigenvalue weighted by atomic mass is 9.86. The standard InChI is InChI=1S/C39H37N3O6S3/c40-22-25-1-8-30(9-2-25)49(43,44)33-15-18-36-28(19-33)7-16-37-35-17-14-34(50(45,46)31-10-3-26(23-41)4-11-31)20-29(35)21-38(39(36)37)51(47,48)32-12-5-27(24-42)6-13-32/h1-14,16-17,20-21,33H,15,18-19,22-24,40-42H2. The zero-order valence-corrected chi connectivity index (χ0v) is 30.1. The second-order valence-electron chi connectivity index (χ2n) is 12.8. The summed E-state index contributed by atoms with van der Waals surface area (Å²) in [5, 5.41) is 1.58. The van der Waals surface area contributed by atoms with Gasteiger partial charge in [-0.05, 0) is 118 Å². The van der Waals surface area contributed by atoms with Crippen molar-refractivity contribution in [1.29, 1.82) is 0 Å². The largest absolute Gasteiger partial charge is 0.326 e. The Balaban J connectivity index is 1.40. The van der Waals surface area contributed by atoms with Gasteiger partial charge in [0.1, 0.15) is 0 Å². The molecule has 51 heavy (non-hydrogen) atoms. The molecule has 0 bridgehead atoms. The molecule has 9 nitrogen and oxygen atoms in total. The summed E-state index contributed by atoms with van der Waals surface area (Å²) in [6.07, 6.45) is 0.855. The SMILES string of the molecule is NCc1ccc(S(=O)(=O)c2ccc3c(c2)cc(S(=O)(=O)c2ccc(CN)cc2)c2c4c(ccc23)CC(S(=O)(=O)c2ccc(CN)cc2)CC4)cc1. The zero-order valence-electron chi connectivity index (χ0n) is 27.6. The maximum atomic E-state index is 14.5. The van der Waals surface area contributed by atoms with Crippen molar-refractivity contribution in [2.45, 2.75) is 68.6 Å². The first kappa shape index (κ1) is 35.0. The van der Waals surface area contributed by atoms with Crippen LogP contribution in [0.15, 0.2) is 134 Å². The van der Waals surface area contributed by atoms with Crippen LogP contribution in [0.25, 0.3) is 21.5 Å². The van der Waals surface area contributed by atoms with Crippen molar-refractivity contribution in [3.05, 3.63) is 137 Å². The maximum Gasteiger partial charge on any atom is 0.207 e. The molecule has 0 fully saturated rings. The van der Waals surface area contributed by atoms with Crippen molar-refractivity contribution in [1.82, 2.24) is 0 Å². The van der Waals surface area contributed by atoms with Crippen LogP contribution in [0.4, 0.5) is 0 Å². The van der Waals surface area contributed by atoms with Gasteiger partial charge in [-0.1, -0.05) is 54.6 Å². The van der Waals surface area contributed by atoms with Crippen molar-refractivity contribution in [2.75, 3.05) is 0 Å². The number of benzene rings is 6. The van der Waals surface area contributed by atoms with Gasteiger partial charge in [-0.2, -0.15) is 0 Å². The maximum absolute atomic E-state index is 14.5. The third-order valence-corrected chi connectivity index (χ3v) is 15.7. The van der Waals surface area contributed by atoms with Crippen molar-refractivity contribution in [3.63, 3.8) is 0 Å². The second-order valence-corrected chi connectivity index (χ2v) is 18.9. The molecule has 6 aromatic carbocycles. The number of nitrogens with two attached hydrogens (primary N) is 3. The van der Waals surface area contributed by atoms with Gasteiger partial charge in [0.05, 0.1) is 29.7 Å². The Kier molecular flexibility index (Phi) is 9.11. The number of fused-ring (bicyclic) bond motifs is 5. The molecule has 1 aliphatic carbocycles. The number of hydrogen-bond acceptors (Lipinski definition) is 9. The van der Waals surface area contributed by atoms with E-state index in [4.69, 9.17) is 17.2 Å². The molecule has 1 atom stereocenters. The van der Waals surface area contributed by atoms with E-state index in [2.05, 4.69) is 0 Å². The first-order chi connectivity index (χ1) is 24.4. The van der Waals surface area contributed by atoms with Crippen LogP contribution in [0.5, 0.6) is 0 Å². The van der Waals surface area contributed by atoms with Crippen LogP contribution < -0.4 is 17.2 Å². The Morgan fingerprint density at radius 2 is 1.02 bits per heavy atom. The highest BCUT2D eigenvalue weighted by Crippen LogP contribution is 2.42. The molecule has 0 saturated heterocycles. The average molecular weight is 740 g/mol. The number of aryl methyl sites for hydroxylation is 1. The minimum atomic E-state index is -4.15. The predicted molar refractivity (Wildman–Crippen MR) is 198 cm³/mol. The molecule has 262 valence electrons. The lowest BCUT2D eigenvalue weighted by Gasteiger charge is -2.27. The fraction of sp³-hybridized carbons (Fsp3) is 0.179. The second kappa shape index (κ2) is 13.3. The molecular weight excluding hydrogens is 703 g/mol. The Morgan fingerprint density at radius 1 is 0.529 bits per heavy atom. The normalized spacial score (nSPS) is 15.2. The predicted octanol–water partition coefficient (Wildman–Crippen LogP) is 5.37. The van der Waals surface area contributed by atoms with Gasteiger partial charge in [-0.25, -0.2) is 25.3 Å². The third kappa shape index (κ3) is 6.15. The molecule has 1 aliphatic rings. The Hall–Kier alpha value is -4.43. The van der Waals surface area contributed by atoms with Gasteiger partial charge >= 0.3 is 0 Å². The highest BCUT2D eigenvalue weighted by Gasteiger charge is 2.34. The van der Waals surface area contributed by atoms with Crippen LogP contribution in [0, 0.1) is 0 Å². The van der Waals surface area contributed by atoms with Crippen molar-refractivity contribution in [3.8, 4) is 0 Å². The van der Waals surface area contributed by atoms with Crippen LogP contribution in [0.3, 0.4) is 0 Å². The molecule has 0 radical (unpaired) electrons. The molecule has 0 heterocycles. The van der Waals surface area contributed by atoms with E-state index in [1.165, 1.54) is 36.4 Å². The van der Waals surface area contributed by atoms with Gasteiger partial charge in [0.2, 0.25) is 19.7 Å². The van der Waals surface area contributed by atoms with E-state index in [0.717, 1.165) is 27.8 Å². The summed E-state index contributed by atoms with van der Waals surface area (Å²) in [5.41, 5.74) is 21.1. The summed E-state index contributed by atoms with van der Waals surface area (Å²) < 4.78 is 84.0. The lowest BCUT2D eigenvalue weighted by Crippen LogP contribution is -2.29. The van der Waals surface area contributed by atoms with Crippen LogP contribution in [0.1, 0.15) is 34.2 Å². The first-order valence-corrected chi connectivity index (χ1v) is 21.0. The lowest BCUT2D eigenvalue weighted by molar-refractivity contribution is 0.561. The Labute approximate surface area is 297 Å². The topological polar surface area (TPSA) is 180 Å². The molecule has 6 N–H and O–H groups in total. The fourth-order valence-electron chi connectivity index (χ4n) is 6.97. The van der Waals surface area contributed by atoms with E-state index in [-0.39, 0.29) is 44.0 Å². The molecule has 0 aromatic heterocycles. The zero-order chi connectivity index (χ0) is 36.1. The van der Waals surface area contributed by atoms with Crippen molar-refractivity contribution < 1.29 is 25.3 Å². The van der Waals surface area contributed by atoms with Gasteiger partial charge < -0.3 is 17.2 Å². The van der Waals surface area contributed by atoms with E-state index < -0.39 is 34.8 Å². The summed E-state index contributed by atoms with van der Waals surface area (Å²) in [6.45, 7) is 0.834. The summed E-state index contributed by atoms with van der Waals surface area (Å²) in [6, 6.07) is 29.3. The van der Waals surface area contributed by atoms with E-state index >= 15 is 0 Å². The highest BCUT2D eigenvalue weighted by molar-refractivity contribution is 7.92.